The van der Waals surface area contributed by atoms with Gasteiger partial charge in [0.1, 0.15) is 0 Å². The number of hydrogen-bond acceptors (Lipinski definition) is 5. The van der Waals surface area contributed by atoms with Crippen molar-refractivity contribution in [2.45, 2.75) is 45.0 Å². The van der Waals surface area contributed by atoms with Crippen molar-refractivity contribution in [3.63, 3.8) is 0 Å². The Labute approximate surface area is 146 Å². The minimum atomic E-state index is 0.520. The summed E-state index contributed by atoms with van der Waals surface area (Å²) in [6, 6.07) is 6.49. The zero-order valence-electron chi connectivity index (χ0n) is 14.5. The van der Waals surface area contributed by atoms with E-state index in [1.165, 1.54) is 11.1 Å². The first-order valence-electron chi connectivity index (χ1n) is 8.07. The first-order chi connectivity index (χ1) is 11.5. The first kappa shape index (κ1) is 16.8. The Kier molecular flexibility index (Phi) is 5.04. The maximum atomic E-state index is 5.33. The molecule has 24 heavy (non-hydrogen) atoms. The van der Waals surface area contributed by atoms with Crippen LogP contribution in [0.25, 0.3) is 5.69 Å². The number of nitrogens with zero attached hydrogens (tertiary/aromatic N) is 4. The largest absolute Gasteiger partial charge is 0.338 e. The lowest BCUT2D eigenvalue weighted by Gasteiger charge is -2.09. The van der Waals surface area contributed by atoms with E-state index in [1.807, 2.05) is 12.4 Å². The highest BCUT2D eigenvalue weighted by molar-refractivity contribution is 7.98. The minimum absolute atomic E-state index is 0.520. The van der Waals surface area contributed by atoms with Crippen molar-refractivity contribution < 1.29 is 4.52 Å². The van der Waals surface area contributed by atoms with Crippen molar-refractivity contribution in [3.05, 3.63) is 53.4 Å². The van der Waals surface area contributed by atoms with Gasteiger partial charge in [-0.25, -0.2) is 4.98 Å². The molecule has 0 atom stereocenters. The fourth-order valence-electron chi connectivity index (χ4n) is 2.61. The summed E-state index contributed by atoms with van der Waals surface area (Å²) in [6.07, 6.45) is 4.64. The third-order valence-corrected chi connectivity index (χ3v) is 4.47. The predicted octanol–water partition coefficient (Wildman–Crippen LogP) is 4.36. The SMILES string of the molecule is Cc1cc(C)cc(-n2ccnc2SCc2nc(CC(C)C)no2)c1. The van der Waals surface area contributed by atoms with Gasteiger partial charge in [-0.3, -0.25) is 4.57 Å². The second kappa shape index (κ2) is 7.21. The van der Waals surface area contributed by atoms with Gasteiger partial charge in [-0.05, 0) is 43.0 Å². The summed E-state index contributed by atoms with van der Waals surface area (Å²) in [5.41, 5.74) is 3.60. The fraction of sp³-hybridized carbons (Fsp3) is 0.389. The topological polar surface area (TPSA) is 56.7 Å². The molecule has 0 saturated heterocycles. The van der Waals surface area contributed by atoms with Crippen LogP contribution in [0.4, 0.5) is 0 Å². The molecule has 0 amide bonds. The zero-order valence-corrected chi connectivity index (χ0v) is 15.3. The highest BCUT2D eigenvalue weighted by Gasteiger charge is 2.12. The van der Waals surface area contributed by atoms with E-state index >= 15 is 0 Å². The van der Waals surface area contributed by atoms with Crippen LogP contribution in [0.3, 0.4) is 0 Å². The molecule has 0 fully saturated rings. The van der Waals surface area contributed by atoms with Crippen LogP contribution < -0.4 is 0 Å². The van der Waals surface area contributed by atoms with Gasteiger partial charge in [-0.15, -0.1) is 0 Å². The number of thioether (sulfide) groups is 1. The molecule has 0 aliphatic heterocycles. The lowest BCUT2D eigenvalue weighted by atomic mass is 10.1. The molecule has 3 aromatic rings. The fourth-order valence-corrected chi connectivity index (χ4v) is 3.42. The van der Waals surface area contributed by atoms with Crippen LogP contribution in [0.15, 0.2) is 40.3 Å². The van der Waals surface area contributed by atoms with Crippen molar-refractivity contribution in [2.75, 3.05) is 0 Å². The lowest BCUT2D eigenvalue weighted by molar-refractivity contribution is 0.382. The van der Waals surface area contributed by atoms with Gasteiger partial charge in [-0.2, -0.15) is 4.98 Å². The highest BCUT2D eigenvalue weighted by atomic mass is 32.2. The van der Waals surface area contributed by atoms with E-state index in [0.717, 1.165) is 23.1 Å². The summed E-state index contributed by atoms with van der Waals surface area (Å²) in [7, 11) is 0. The van der Waals surface area contributed by atoms with E-state index in [4.69, 9.17) is 4.52 Å². The van der Waals surface area contributed by atoms with Gasteiger partial charge >= 0.3 is 0 Å². The van der Waals surface area contributed by atoms with Gasteiger partial charge in [-0.1, -0.05) is 36.8 Å². The summed E-state index contributed by atoms with van der Waals surface area (Å²) in [6.45, 7) is 8.50. The molecule has 1 aromatic carbocycles. The lowest BCUT2D eigenvalue weighted by Crippen LogP contribution is -1.97. The molecular formula is C18H22N4OS. The van der Waals surface area contributed by atoms with E-state index in [1.54, 1.807) is 11.8 Å². The first-order valence-corrected chi connectivity index (χ1v) is 9.06. The molecule has 0 aliphatic rings. The Bertz CT molecular complexity index is 802. The zero-order chi connectivity index (χ0) is 17.1. The van der Waals surface area contributed by atoms with Crippen LogP contribution in [0.2, 0.25) is 0 Å². The standard InChI is InChI=1S/C18H22N4OS/c1-12(2)7-16-20-17(23-21-16)11-24-18-19-5-6-22(18)15-9-13(3)8-14(4)10-15/h5-6,8-10,12H,7,11H2,1-4H3. The number of benzene rings is 1. The van der Waals surface area contributed by atoms with E-state index in [-0.39, 0.29) is 0 Å². The maximum absolute atomic E-state index is 5.33. The van der Waals surface area contributed by atoms with Crippen LogP contribution >= 0.6 is 11.8 Å². The van der Waals surface area contributed by atoms with E-state index in [0.29, 0.717) is 17.6 Å². The van der Waals surface area contributed by atoms with Crippen LogP contribution in [0.1, 0.15) is 36.7 Å². The van der Waals surface area contributed by atoms with Crippen LogP contribution in [-0.2, 0) is 12.2 Å². The Hall–Kier alpha value is -2.08. The monoisotopic (exact) mass is 342 g/mol. The number of imidazole rings is 1. The molecule has 126 valence electrons. The van der Waals surface area contributed by atoms with E-state index in [2.05, 4.69) is 65.6 Å². The quantitative estimate of drug-likeness (QED) is 0.623. The Morgan fingerprint density at radius 3 is 2.62 bits per heavy atom. The van der Waals surface area contributed by atoms with Gasteiger partial charge in [0.05, 0.1) is 5.75 Å². The smallest absolute Gasteiger partial charge is 0.237 e. The third-order valence-electron chi connectivity index (χ3n) is 3.52. The normalized spacial score (nSPS) is 11.4. The molecule has 0 aliphatic carbocycles. The molecule has 0 unspecified atom stereocenters. The van der Waals surface area contributed by atoms with Crippen molar-refractivity contribution >= 4 is 11.8 Å². The Morgan fingerprint density at radius 2 is 1.92 bits per heavy atom. The highest BCUT2D eigenvalue weighted by Crippen LogP contribution is 2.24. The second-order valence-corrected chi connectivity index (χ2v) is 7.36. The van der Waals surface area contributed by atoms with Crippen molar-refractivity contribution in [1.82, 2.24) is 19.7 Å². The van der Waals surface area contributed by atoms with Crippen LogP contribution in [0, 0.1) is 19.8 Å². The average Bonchev–Trinajstić information content (AvgIpc) is 3.12. The van der Waals surface area contributed by atoms with Gasteiger partial charge in [0.25, 0.3) is 0 Å². The van der Waals surface area contributed by atoms with Gasteiger partial charge < -0.3 is 4.52 Å². The van der Waals surface area contributed by atoms with Crippen molar-refractivity contribution in [3.8, 4) is 5.69 Å². The second-order valence-electron chi connectivity index (χ2n) is 6.42. The van der Waals surface area contributed by atoms with Gasteiger partial charge in [0.15, 0.2) is 11.0 Å². The van der Waals surface area contributed by atoms with E-state index < -0.39 is 0 Å². The summed E-state index contributed by atoms with van der Waals surface area (Å²) >= 11 is 1.60. The maximum Gasteiger partial charge on any atom is 0.237 e. The summed E-state index contributed by atoms with van der Waals surface area (Å²) in [5, 5.41) is 4.95. The van der Waals surface area contributed by atoms with Crippen LogP contribution in [-0.4, -0.2) is 19.7 Å². The summed E-state index contributed by atoms with van der Waals surface area (Å²) < 4.78 is 7.42. The Balaban J connectivity index is 1.73. The number of rotatable bonds is 6. The molecule has 6 heteroatoms. The minimum Gasteiger partial charge on any atom is -0.338 e. The van der Waals surface area contributed by atoms with E-state index in [9.17, 15) is 0 Å². The molecule has 2 heterocycles. The summed E-state index contributed by atoms with van der Waals surface area (Å²) in [4.78, 5) is 8.90. The number of aryl methyl sites for hydroxylation is 2. The van der Waals surface area contributed by atoms with Crippen molar-refractivity contribution in [2.24, 2.45) is 5.92 Å². The molecule has 0 radical (unpaired) electrons. The number of hydrogen-bond donors (Lipinski definition) is 0. The molecule has 0 bridgehead atoms. The average molecular weight is 342 g/mol. The van der Waals surface area contributed by atoms with Gasteiger partial charge in [0, 0.05) is 24.5 Å². The molecule has 0 saturated carbocycles. The summed E-state index contributed by atoms with van der Waals surface area (Å²) in [5.74, 6) is 2.56. The molecule has 3 rings (SSSR count). The van der Waals surface area contributed by atoms with Crippen LogP contribution in [0.5, 0.6) is 0 Å². The number of aromatic nitrogens is 4. The van der Waals surface area contributed by atoms with Gasteiger partial charge in [0.2, 0.25) is 5.89 Å². The molecule has 5 nitrogen and oxygen atoms in total. The third kappa shape index (κ3) is 4.06. The Morgan fingerprint density at radius 1 is 1.17 bits per heavy atom. The molecule has 2 aromatic heterocycles. The van der Waals surface area contributed by atoms with Crippen molar-refractivity contribution in [1.29, 1.82) is 0 Å². The molecular weight excluding hydrogens is 320 g/mol. The predicted molar refractivity (Wildman–Crippen MR) is 95.4 cm³/mol. The molecule has 0 spiro atoms. The molecule has 0 N–H and O–H groups in total.